The van der Waals surface area contributed by atoms with Crippen molar-refractivity contribution in [2.45, 2.75) is 25.3 Å². The van der Waals surface area contributed by atoms with Crippen molar-refractivity contribution >= 4 is 23.1 Å². The first kappa shape index (κ1) is 18.0. The number of ether oxygens (including phenoxy) is 1. The highest BCUT2D eigenvalue weighted by atomic mass is 35.5. The maximum atomic E-state index is 14.0. The zero-order valence-corrected chi connectivity index (χ0v) is 15.6. The Morgan fingerprint density at radius 3 is 2.52 bits per heavy atom. The number of hydrogen-bond acceptors (Lipinski definition) is 3. The van der Waals surface area contributed by atoms with E-state index in [4.69, 9.17) is 16.3 Å². The lowest BCUT2D eigenvalue weighted by Crippen LogP contribution is -2.48. The maximum absolute atomic E-state index is 14.0. The molecule has 2 N–H and O–H groups in total. The Bertz CT molecular complexity index is 964. The van der Waals surface area contributed by atoms with Gasteiger partial charge in [-0.1, -0.05) is 29.8 Å². The number of hydrogen-bond donors (Lipinski definition) is 2. The third kappa shape index (κ3) is 3.01. The maximum Gasteiger partial charge on any atom is 0.256 e. The molecule has 4 rings (SSSR count). The number of carbonyl (C=O) groups excluding carboxylic acids is 1. The van der Waals surface area contributed by atoms with E-state index in [-0.39, 0.29) is 23.1 Å². The van der Waals surface area contributed by atoms with Crippen molar-refractivity contribution in [3.05, 3.63) is 64.1 Å². The molecule has 0 aromatic heterocycles. The molecule has 4 nitrogen and oxygen atoms in total. The zero-order valence-electron chi connectivity index (χ0n) is 14.8. The van der Waals surface area contributed by atoms with Gasteiger partial charge in [0.1, 0.15) is 17.1 Å². The van der Waals surface area contributed by atoms with Crippen LogP contribution in [0.15, 0.2) is 42.2 Å². The average Bonchev–Trinajstić information content (AvgIpc) is 2.88. The fourth-order valence-corrected chi connectivity index (χ4v) is 3.90. The van der Waals surface area contributed by atoms with Crippen molar-refractivity contribution < 1.29 is 19.0 Å². The Morgan fingerprint density at radius 2 is 1.81 bits per heavy atom. The summed E-state index contributed by atoms with van der Waals surface area (Å²) in [6, 6.07) is 10.1. The van der Waals surface area contributed by atoms with E-state index < -0.39 is 5.54 Å². The lowest BCUT2D eigenvalue weighted by Gasteiger charge is -2.33. The standard InChI is InChI=1S/C21H19ClFNO3/c1-12-2-3-14(11-17(12)23)13-4-5-16(22)15(10-13)18-19(25)21(24-20(18)26)6-8-27-9-7-21/h2-5,10-11,25H,6-9H2,1H3,(H,24,26). The van der Waals surface area contributed by atoms with Crippen LogP contribution in [-0.4, -0.2) is 29.8 Å². The summed E-state index contributed by atoms with van der Waals surface area (Å²) in [6.45, 7) is 2.63. The van der Waals surface area contributed by atoms with Gasteiger partial charge in [0.25, 0.3) is 5.91 Å². The molecule has 0 aliphatic carbocycles. The van der Waals surface area contributed by atoms with Crippen molar-refractivity contribution in [3.8, 4) is 11.1 Å². The first-order valence-corrected chi connectivity index (χ1v) is 9.19. The molecular weight excluding hydrogens is 369 g/mol. The minimum absolute atomic E-state index is 0.00457. The van der Waals surface area contributed by atoms with Gasteiger partial charge < -0.3 is 15.2 Å². The number of aliphatic hydroxyl groups excluding tert-OH is 1. The van der Waals surface area contributed by atoms with Crippen LogP contribution < -0.4 is 5.32 Å². The number of aryl methyl sites for hydroxylation is 1. The molecule has 2 aromatic rings. The molecular formula is C21H19ClFNO3. The fourth-order valence-electron chi connectivity index (χ4n) is 3.69. The van der Waals surface area contributed by atoms with Gasteiger partial charge in [0.2, 0.25) is 0 Å². The van der Waals surface area contributed by atoms with Gasteiger partial charge in [-0.15, -0.1) is 0 Å². The van der Waals surface area contributed by atoms with Crippen molar-refractivity contribution in [2.24, 2.45) is 0 Å². The molecule has 2 aliphatic heterocycles. The van der Waals surface area contributed by atoms with Crippen LogP contribution >= 0.6 is 11.6 Å². The number of nitrogens with one attached hydrogen (secondary N) is 1. The lowest BCUT2D eigenvalue weighted by atomic mass is 9.87. The topological polar surface area (TPSA) is 58.6 Å². The fraction of sp³-hybridized carbons (Fsp3) is 0.286. The van der Waals surface area contributed by atoms with Crippen LogP contribution in [0.3, 0.4) is 0 Å². The molecule has 0 saturated carbocycles. The molecule has 2 aliphatic rings. The summed E-state index contributed by atoms with van der Waals surface area (Å²) in [7, 11) is 0. The molecule has 1 fully saturated rings. The van der Waals surface area contributed by atoms with Crippen LogP contribution in [0.4, 0.5) is 4.39 Å². The number of halogens is 2. The Balaban J connectivity index is 1.81. The van der Waals surface area contributed by atoms with Crippen LogP contribution in [-0.2, 0) is 9.53 Å². The highest BCUT2D eigenvalue weighted by molar-refractivity contribution is 6.35. The Hall–Kier alpha value is -2.37. The van der Waals surface area contributed by atoms with E-state index in [0.717, 1.165) is 0 Å². The number of amides is 1. The Labute approximate surface area is 161 Å². The number of aliphatic hydroxyl groups is 1. The molecule has 0 atom stereocenters. The molecule has 0 bridgehead atoms. The highest BCUT2D eigenvalue weighted by Crippen LogP contribution is 2.41. The smallest absolute Gasteiger partial charge is 0.256 e. The summed E-state index contributed by atoms with van der Waals surface area (Å²) in [5.74, 6) is -0.653. The number of rotatable bonds is 2. The summed E-state index contributed by atoms with van der Waals surface area (Å²) in [6.07, 6.45) is 1.02. The van der Waals surface area contributed by atoms with Crippen LogP contribution in [0.1, 0.15) is 24.0 Å². The molecule has 6 heteroatoms. The van der Waals surface area contributed by atoms with Gasteiger partial charge in [-0.2, -0.15) is 0 Å². The van der Waals surface area contributed by atoms with E-state index in [2.05, 4.69) is 5.32 Å². The predicted octanol–water partition coefficient (Wildman–Crippen LogP) is 4.40. The van der Waals surface area contributed by atoms with Gasteiger partial charge >= 0.3 is 0 Å². The SMILES string of the molecule is Cc1ccc(-c2ccc(Cl)c(C3=C(O)C4(CCOCC4)NC3=O)c2)cc1F. The molecule has 1 amide bonds. The van der Waals surface area contributed by atoms with Gasteiger partial charge in [-0.3, -0.25) is 4.79 Å². The molecule has 2 aromatic carbocycles. The van der Waals surface area contributed by atoms with E-state index in [0.29, 0.717) is 53.3 Å². The summed E-state index contributed by atoms with van der Waals surface area (Å²) in [4.78, 5) is 12.7. The van der Waals surface area contributed by atoms with Crippen LogP contribution in [0, 0.1) is 12.7 Å². The molecule has 0 unspecified atom stereocenters. The third-order valence-corrected chi connectivity index (χ3v) is 5.69. The van der Waals surface area contributed by atoms with Gasteiger partial charge in [0.15, 0.2) is 0 Å². The largest absolute Gasteiger partial charge is 0.509 e. The first-order valence-electron chi connectivity index (χ1n) is 8.82. The monoisotopic (exact) mass is 387 g/mol. The van der Waals surface area contributed by atoms with Crippen molar-refractivity contribution in [2.75, 3.05) is 13.2 Å². The highest BCUT2D eigenvalue weighted by Gasteiger charge is 2.47. The van der Waals surface area contributed by atoms with Gasteiger partial charge in [-0.05, 0) is 41.8 Å². The molecule has 140 valence electrons. The minimum Gasteiger partial charge on any atom is -0.509 e. The van der Waals surface area contributed by atoms with Gasteiger partial charge in [0.05, 0.1) is 5.57 Å². The summed E-state index contributed by atoms with van der Waals surface area (Å²) in [5, 5.41) is 14.1. The van der Waals surface area contributed by atoms with E-state index in [1.165, 1.54) is 6.07 Å². The van der Waals surface area contributed by atoms with Gasteiger partial charge in [0, 0.05) is 36.6 Å². The predicted molar refractivity (Wildman–Crippen MR) is 102 cm³/mol. The normalized spacial score (nSPS) is 18.9. The van der Waals surface area contributed by atoms with E-state index >= 15 is 0 Å². The second-order valence-electron chi connectivity index (χ2n) is 7.03. The van der Waals surface area contributed by atoms with Crippen molar-refractivity contribution in [1.82, 2.24) is 5.32 Å². The molecule has 1 spiro atoms. The Morgan fingerprint density at radius 1 is 1.15 bits per heavy atom. The lowest BCUT2D eigenvalue weighted by molar-refractivity contribution is -0.117. The van der Waals surface area contributed by atoms with Crippen LogP contribution in [0.25, 0.3) is 16.7 Å². The average molecular weight is 388 g/mol. The van der Waals surface area contributed by atoms with Crippen LogP contribution in [0.2, 0.25) is 5.02 Å². The Kier molecular flexibility index (Phi) is 4.44. The first-order chi connectivity index (χ1) is 12.9. The molecule has 2 heterocycles. The summed E-state index contributed by atoms with van der Waals surface area (Å²) < 4.78 is 19.3. The van der Waals surface area contributed by atoms with E-state index in [9.17, 15) is 14.3 Å². The molecule has 27 heavy (non-hydrogen) atoms. The van der Waals surface area contributed by atoms with Gasteiger partial charge in [-0.25, -0.2) is 4.39 Å². The van der Waals surface area contributed by atoms with E-state index in [1.54, 1.807) is 31.2 Å². The molecule has 0 radical (unpaired) electrons. The van der Waals surface area contributed by atoms with E-state index in [1.807, 2.05) is 6.07 Å². The summed E-state index contributed by atoms with van der Waals surface area (Å²) in [5.41, 5.74) is 1.78. The quantitative estimate of drug-likeness (QED) is 0.802. The second-order valence-corrected chi connectivity index (χ2v) is 7.44. The zero-order chi connectivity index (χ0) is 19.2. The third-order valence-electron chi connectivity index (χ3n) is 5.36. The molecule has 1 saturated heterocycles. The minimum atomic E-state index is -0.792. The number of carbonyl (C=O) groups is 1. The van der Waals surface area contributed by atoms with Crippen molar-refractivity contribution in [1.29, 1.82) is 0 Å². The second kappa shape index (κ2) is 6.66. The van der Waals surface area contributed by atoms with Crippen molar-refractivity contribution in [3.63, 3.8) is 0 Å². The van der Waals surface area contributed by atoms with Crippen LogP contribution in [0.5, 0.6) is 0 Å². The summed E-state index contributed by atoms with van der Waals surface area (Å²) >= 11 is 6.35. The number of benzene rings is 2.